The van der Waals surface area contributed by atoms with Crippen molar-refractivity contribution in [2.24, 2.45) is 0 Å². The first-order valence-electron chi connectivity index (χ1n) is 5.80. The zero-order valence-corrected chi connectivity index (χ0v) is 13.4. The van der Waals surface area contributed by atoms with E-state index in [0.29, 0.717) is 0 Å². The fourth-order valence-electron chi connectivity index (χ4n) is 1.20. The summed E-state index contributed by atoms with van der Waals surface area (Å²) in [5.74, 6) is 0.940. The summed E-state index contributed by atoms with van der Waals surface area (Å²) in [4.78, 5) is 1.08. The van der Waals surface area contributed by atoms with Gasteiger partial charge in [-0.15, -0.1) is 11.8 Å². The van der Waals surface area contributed by atoms with Crippen LogP contribution in [0.2, 0.25) is 18.1 Å². The van der Waals surface area contributed by atoms with Crippen molar-refractivity contribution in [1.29, 1.82) is 0 Å². The van der Waals surface area contributed by atoms with Gasteiger partial charge in [0, 0.05) is 10.6 Å². The molecule has 0 aliphatic carbocycles. The van der Waals surface area contributed by atoms with E-state index >= 15 is 0 Å². The van der Waals surface area contributed by atoms with E-state index in [4.69, 9.17) is 10.2 Å². The topological polar surface area (TPSA) is 35.2 Å². The second kappa shape index (κ2) is 4.94. The summed E-state index contributed by atoms with van der Waals surface area (Å²) < 4.78 is 6.23. The summed E-state index contributed by atoms with van der Waals surface area (Å²) in [6.07, 6.45) is 2.03. The van der Waals surface area contributed by atoms with E-state index in [0.717, 1.165) is 16.3 Å². The van der Waals surface area contributed by atoms with Gasteiger partial charge in [0.1, 0.15) is 5.75 Å². The van der Waals surface area contributed by atoms with Crippen LogP contribution in [-0.4, -0.2) is 14.6 Å². The van der Waals surface area contributed by atoms with Crippen LogP contribution in [0.4, 0.5) is 5.69 Å². The van der Waals surface area contributed by atoms with Crippen LogP contribution in [0, 0.1) is 0 Å². The number of hydrogen-bond donors (Lipinski definition) is 1. The molecule has 2 N–H and O–H groups in total. The van der Waals surface area contributed by atoms with Crippen LogP contribution in [0.5, 0.6) is 5.75 Å². The highest BCUT2D eigenvalue weighted by Crippen LogP contribution is 2.38. The van der Waals surface area contributed by atoms with Gasteiger partial charge in [-0.05, 0) is 42.6 Å². The lowest BCUT2D eigenvalue weighted by Crippen LogP contribution is -2.43. The van der Waals surface area contributed by atoms with Crippen molar-refractivity contribution < 1.29 is 4.43 Å². The van der Waals surface area contributed by atoms with Gasteiger partial charge in [0.05, 0.1) is 0 Å². The van der Waals surface area contributed by atoms with Crippen LogP contribution in [0.1, 0.15) is 20.8 Å². The molecule has 1 aromatic rings. The largest absolute Gasteiger partial charge is 0.543 e. The van der Waals surface area contributed by atoms with E-state index in [2.05, 4.69) is 33.9 Å². The Balaban J connectivity index is 2.96. The lowest BCUT2D eigenvalue weighted by molar-refractivity contribution is 0.491. The monoisotopic (exact) mass is 269 g/mol. The van der Waals surface area contributed by atoms with Gasteiger partial charge in [-0.25, -0.2) is 0 Å². The van der Waals surface area contributed by atoms with E-state index in [1.165, 1.54) is 0 Å². The van der Waals surface area contributed by atoms with Crippen LogP contribution in [0.25, 0.3) is 0 Å². The zero-order chi connectivity index (χ0) is 13.3. The second-order valence-electron chi connectivity index (χ2n) is 5.77. The number of hydrogen-bond acceptors (Lipinski definition) is 3. The van der Waals surface area contributed by atoms with Gasteiger partial charge in [-0.3, -0.25) is 0 Å². The Kier molecular flexibility index (Phi) is 4.20. The number of anilines is 1. The van der Waals surface area contributed by atoms with Crippen molar-refractivity contribution >= 4 is 25.8 Å². The number of nitrogen functional groups attached to an aromatic ring is 1. The standard InChI is InChI=1S/C13H23NOSSi/c1-13(2,3)17(5,6)15-10-7-8-11(14)12(9-10)16-4/h7-9H,14H2,1-6H3. The van der Waals surface area contributed by atoms with E-state index in [-0.39, 0.29) is 5.04 Å². The van der Waals surface area contributed by atoms with Crippen LogP contribution in [0.15, 0.2) is 23.1 Å². The van der Waals surface area contributed by atoms with Crippen LogP contribution in [-0.2, 0) is 0 Å². The van der Waals surface area contributed by atoms with Crippen molar-refractivity contribution in [2.75, 3.05) is 12.0 Å². The Bertz CT molecular complexity index is 399. The Hall–Kier alpha value is -0.613. The molecule has 1 aromatic carbocycles. The molecule has 0 radical (unpaired) electrons. The molecule has 0 unspecified atom stereocenters. The maximum atomic E-state index is 6.23. The highest BCUT2D eigenvalue weighted by Gasteiger charge is 2.38. The van der Waals surface area contributed by atoms with Gasteiger partial charge < -0.3 is 10.2 Å². The molecule has 0 aliphatic rings. The molecule has 0 bridgehead atoms. The average molecular weight is 269 g/mol. The molecular formula is C13H23NOSSi. The molecule has 2 nitrogen and oxygen atoms in total. The molecular weight excluding hydrogens is 246 g/mol. The number of rotatable bonds is 3. The lowest BCUT2D eigenvalue weighted by Gasteiger charge is -2.36. The summed E-state index contributed by atoms with van der Waals surface area (Å²) in [5.41, 5.74) is 6.70. The Labute approximate surface area is 110 Å². The van der Waals surface area contributed by atoms with E-state index < -0.39 is 8.32 Å². The fourth-order valence-corrected chi connectivity index (χ4v) is 2.76. The number of thioether (sulfide) groups is 1. The Morgan fingerprint density at radius 2 is 1.82 bits per heavy atom. The fraction of sp³-hybridized carbons (Fsp3) is 0.538. The first kappa shape index (κ1) is 14.4. The molecule has 4 heteroatoms. The van der Waals surface area contributed by atoms with E-state index in [9.17, 15) is 0 Å². The quantitative estimate of drug-likeness (QED) is 0.502. The average Bonchev–Trinajstić information content (AvgIpc) is 2.19. The van der Waals surface area contributed by atoms with Crippen LogP contribution in [0.3, 0.4) is 0 Å². The molecule has 0 amide bonds. The molecule has 0 saturated heterocycles. The minimum absolute atomic E-state index is 0.216. The third kappa shape index (κ3) is 3.42. The molecule has 0 saturated carbocycles. The third-order valence-electron chi connectivity index (χ3n) is 3.38. The van der Waals surface area contributed by atoms with Crippen molar-refractivity contribution in [3.63, 3.8) is 0 Å². The molecule has 0 heterocycles. The van der Waals surface area contributed by atoms with Crippen molar-refractivity contribution in [1.82, 2.24) is 0 Å². The maximum Gasteiger partial charge on any atom is 0.250 e. The SMILES string of the molecule is CSc1cc(O[Si](C)(C)C(C)(C)C)ccc1N. The molecule has 1 rings (SSSR count). The predicted molar refractivity (Wildman–Crippen MR) is 80.5 cm³/mol. The molecule has 0 aliphatic heterocycles. The van der Waals surface area contributed by atoms with Gasteiger partial charge in [-0.1, -0.05) is 20.8 Å². The van der Waals surface area contributed by atoms with Crippen LogP contribution < -0.4 is 10.2 Å². The minimum Gasteiger partial charge on any atom is -0.543 e. The highest BCUT2D eigenvalue weighted by molar-refractivity contribution is 7.98. The normalized spacial score (nSPS) is 12.6. The van der Waals surface area contributed by atoms with Crippen LogP contribution >= 0.6 is 11.8 Å². The van der Waals surface area contributed by atoms with Crippen molar-refractivity contribution in [2.45, 2.75) is 43.8 Å². The van der Waals surface area contributed by atoms with Gasteiger partial charge in [0.2, 0.25) is 8.32 Å². The number of benzene rings is 1. The summed E-state index contributed by atoms with van der Waals surface area (Å²) >= 11 is 1.65. The molecule has 17 heavy (non-hydrogen) atoms. The first-order valence-corrected chi connectivity index (χ1v) is 9.93. The Morgan fingerprint density at radius 3 is 2.29 bits per heavy atom. The molecule has 0 aromatic heterocycles. The molecule has 0 spiro atoms. The first-order chi connectivity index (χ1) is 7.67. The summed E-state index contributed by atoms with van der Waals surface area (Å²) in [7, 11) is -1.75. The second-order valence-corrected chi connectivity index (χ2v) is 11.3. The number of nitrogens with two attached hydrogens (primary N) is 1. The molecule has 0 atom stereocenters. The van der Waals surface area contributed by atoms with E-state index in [1.54, 1.807) is 11.8 Å². The highest BCUT2D eigenvalue weighted by atomic mass is 32.2. The summed E-state index contributed by atoms with van der Waals surface area (Å²) in [5, 5.41) is 0.216. The van der Waals surface area contributed by atoms with Crippen molar-refractivity contribution in [3.8, 4) is 5.75 Å². The molecule has 96 valence electrons. The Morgan fingerprint density at radius 1 is 1.24 bits per heavy atom. The van der Waals surface area contributed by atoms with Gasteiger partial charge in [-0.2, -0.15) is 0 Å². The maximum absolute atomic E-state index is 6.23. The zero-order valence-electron chi connectivity index (χ0n) is 11.6. The summed E-state index contributed by atoms with van der Waals surface area (Å²) in [6, 6.07) is 5.93. The van der Waals surface area contributed by atoms with Gasteiger partial charge in [0.25, 0.3) is 0 Å². The minimum atomic E-state index is -1.75. The van der Waals surface area contributed by atoms with Gasteiger partial charge >= 0.3 is 0 Å². The van der Waals surface area contributed by atoms with Gasteiger partial charge in [0.15, 0.2) is 0 Å². The third-order valence-corrected chi connectivity index (χ3v) is 8.54. The molecule has 0 fully saturated rings. The lowest BCUT2D eigenvalue weighted by atomic mass is 10.2. The summed E-state index contributed by atoms with van der Waals surface area (Å²) in [6.45, 7) is 11.2. The van der Waals surface area contributed by atoms with E-state index in [1.807, 2.05) is 24.5 Å². The smallest absolute Gasteiger partial charge is 0.250 e. The van der Waals surface area contributed by atoms with Crippen molar-refractivity contribution in [3.05, 3.63) is 18.2 Å². The predicted octanol–water partition coefficient (Wildman–Crippen LogP) is 4.37.